The van der Waals surface area contributed by atoms with E-state index < -0.39 is 0 Å². The number of benzene rings is 1. The number of aromatic nitrogens is 1. The van der Waals surface area contributed by atoms with Crippen LogP contribution >= 0.6 is 0 Å². The maximum absolute atomic E-state index is 12.3. The van der Waals surface area contributed by atoms with Crippen LogP contribution in [0.3, 0.4) is 0 Å². The second-order valence-corrected chi connectivity index (χ2v) is 5.68. The number of para-hydroxylation sites is 1. The number of rotatable bonds is 4. The number of anilines is 1. The predicted octanol–water partition coefficient (Wildman–Crippen LogP) is 3.25. The van der Waals surface area contributed by atoms with Gasteiger partial charge in [-0.1, -0.05) is 30.7 Å². The Bertz CT molecular complexity index is 600. The zero-order valence-electron chi connectivity index (χ0n) is 12.6. The third kappa shape index (κ3) is 3.71. The summed E-state index contributed by atoms with van der Waals surface area (Å²) in [4.78, 5) is 18.8. The van der Waals surface area contributed by atoms with Crippen LogP contribution in [-0.4, -0.2) is 28.9 Å². The van der Waals surface area contributed by atoms with Gasteiger partial charge in [0.15, 0.2) is 0 Å². The highest BCUT2D eigenvalue weighted by Gasteiger charge is 2.25. The number of nitrogens with zero attached hydrogens (tertiary/aromatic N) is 2. The first kappa shape index (κ1) is 14.7. The molecule has 3 rings (SSSR count). The summed E-state index contributed by atoms with van der Waals surface area (Å²) in [7, 11) is 0. The summed E-state index contributed by atoms with van der Waals surface area (Å²) in [5, 5.41) is 2.96. The summed E-state index contributed by atoms with van der Waals surface area (Å²) in [6.45, 7) is 1.39. The van der Waals surface area contributed by atoms with E-state index in [0.29, 0.717) is 12.6 Å². The Labute approximate surface area is 131 Å². The average molecular weight is 295 g/mol. The Kier molecular flexibility index (Phi) is 4.81. The standard InChI is InChI=1S/C18H21N3O/c22-18(20-16-8-2-1-3-9-16)14-21-12-5-4-10-17(21)15-7-6-11-19-13-15/h1-3,6-9,11,13,17H,4-5,10,12,14H2,(H,20,22). The predicted molar refractivity (Wildman–Crippen MR) is 87.5 cm³/mol. The topological polar surface area (TPSA) is 45.2 Å². The van der Waals surface area contributed by atoms with Crippen LogP contribution in [0.1, 0.15) is 30.9 Å². The lowest BCUT2D eigenvalue weighted by Gasteiger charge is -2.35. The highest BCUT2D eigenvalue weighted by Crippen LogP contribution is 2.30. The molecule has 0 bridgehead atoms. The molecule has 1 atom stereocenters. The molecule has 114 valence electrons. The highest BCUT2D eigenvalue weighted by molar-refractivity contribution is 5.92. The lowest BCUT2D eigenvalue weighted by molar-refractivity contribution is -0.118. The highest BCUT2D eigenvalue weighted by atomic mass is 16.2. The van der Waals surface area contributed by atoms with Crippen LogP contribution in [0.5, 0.6) is 0 Å². The van der Waals surface area contributed by atoms with Crippen LogP contribution in [0.15, 0.2) is 54.9 Å². The summed E-state index contributed by atoms with van der Waals surface area (Å²) in [6, 6.07) is 14.0. The zero-order chi connectivity index (χ0) is 15.2. The van der Waals surface area contributed by atoms with Crippen molar-refractivity contribution in [3.63, 3.8) is 0 Å². The number of nitrogens with one attached hydrogen (secondary N) is 1. The summed E-state index contributed by atoms with van der Waals surface area (Å²) in [5.74, 6) is 0.0435. The Balaban J connectivity index is 1.65. The first-order chi connectivity index (χ1) is 10.8. The fourth-order valence-electron chi connectivity index (χ4n) is 3.04. The Morgan fingerprint density at radius 2 is 2.05 bits per heavy atom. The van der Waals surface area contributed by atoms with Gasteiger partial charge in [0.25, 0.3) is 0 Å². The molecule has 4 heteroatoms. The van der Waals surface area contributed by atoms with E-state index in [2.05, 4.69) is 21.3 Å². The van der Waals surface area contributed by atoms with Gasteiger partial charge < -0.3 is 5.32 Å². The molecule has 1 aromatic carbocycles. The van der Waals surface area contributed by atoms with Gasteiger partial charge in [-0.05, 0) is 43.1 Å². The molecule has 1 aliphatic heterocycles. The normalized spacial score (nSPS) is 18.8. The van der Waals surface area contributed by atoms with Crippen molar-refractivity contribution in [3.8, 4) is 0 Å². The molecule has 1 amide bonds. The molecule has 22 heavy (non-hydrogen) atoms. The Hall–Kier alpha value is -2.20. The molecule has 0 radical (unpaired) electrons. The molecule has 0 saturated carbocycles. The lowest BCUT2D eigenvalue weighted by atomic mass is 9.96. The van der Waals surface area contributed by atoms with Gasteiger partial charge in [-0.15, -0.1) is 0 Å². The van der Waals surface area contributed by atoms with Crippen molar-refractivity contribution in [2.45, 2.75) is 25.3 Å². The first-order valence-electron chi connectivity index (χ1n) is 7.82. The minimum atomic E-state index is 0.0435. The number of piperidine rings is 1. The fourth-order valence-corrected chi connectivity index (χ4v) is 3.04. The van der Waals surface area contributed by atoms with E-state index in [4.69, 9.17) is 0 Å². The van der Waals surface area contributed by atoms with E-state index in [1.807, 2.05) is 42.6 Å². The lowest BCUT2D eigenvalue weighted by Crippen LogP contribution is -2.39. The van der Waals surface area contributed by atoms with Crippen LogP contribution in [0.25, 0.3) is 0 Å². The second-order valence-electron chi connectivity index (χ2n) is 5.68. The Morgan fingerprint density at radius 1 is 1.18 bits per heavy atom. The summed E-state index contributed by atoms with van der Waals surface area (Å²) < 4.78 is 0. The van der Waals surface area contributed by atoms with Crippen LogP contribution < -0.4 is 5.32 Å². The first-order valence-corrected chi connectivity index (χ1v) is 7.82. The van der Waals surface area contributed by atoms with Gasteiger partial charge in [0, 0.05) is 24.1 Å². The van der Waals surface area contributed by atoms with Crippen molar-refractivity contribution in [3.05, 3.63) is 60.4 Å². The van der Waals surface area contributed by atoms with Crippen molar-refractivity contribution in [1.82, 2.24) is 9.88 Å². The number of hydrogen-bond donors (Lipinski definition) is 1. The van der Waals surface area contributed by atoms with Crippen LogP contribution in [0, 0.1) is 0 Å². The van der Waals surface area contributed by atoms with E-state index >= 15 is 0 Å². The Morgan fingerprint density at radius 3 is 2.82 bits per heavy atom. The molecule has 1 N–H and O–H groups in total. The zero-order valence-corrected chi connectivity index (χ0v) is 12.6. The number of carbonyl (C=O) groups is 1. The molecule has 1 unspecified atom stereocenters. The van der Waals surface area contributed by atoms with E-state index in [0.717, 1.165) is 25.1 Å². The van der Waals surface area contributed by atoms with Gasteiger partial charge in [0.05, 0.1) is 6.54 Å². The van der Waals surface area contributed by atoms with Crippen LogP contribution in [0.2, 0.25) is 0 Å². The smallest absolute Gasteiger partial charge is 0.238 e. The molecule has 0 spiro atoms. The van der Waals surface area contributed by atoms with Gasteiger partial charge in [-0.25, -0.2) is 0 Å². The van der Waals surface area contributed by atoms with E-state index in [1.54, 1.807) is 6.20 Å². The van der Waals surface area contributed by atoms with Gasteiger partial charge in [0.1, 0.15) is 0 Å². The largest absolute Gasteiger partial charge is 0.325 e. The number of likely N-dealkylation sites (tertiary alicyclic amines) is 1. The van der Waals surface area contributed by atoms with Crippen molar-refractivity contribution < 1.29 is 4.79 Å². The molecule has 1 fully saturated rings. The molecular weight excluding hydrogens is 274 g/mol. The molecule has 4 nitrogen and oxygen atoms in total. The van der Waals surface area contributed by atoms with Gasteiger partial charge in [-0.3, -0.25) is 14.7 Å². The number of carbonyl (C=O) groups excluding carboxylic acids is 1. The van der Waals surface area contributed by atoms with Crippen LogP contribution in [-0.2, 0) is 4.79 Å². The molecular formula is C18H21N3O. The average Bonchev–Trinajstić information content (AvgIpc) is 2.57. The van der Waals surface area contributed by atoms with Gasteiger partial charge in [-0.2, -0.15) is 0 Å². The summed E-state index contributed by atoms with van der Waals surface area (Å²) in [5.41, 5.74) is 2.05. The van der Waals surface area contributed by atoms with E-state index in [1.165, 1.54) is 12.0 Å². The SMILES string of the molecule is O=C(CN1CCCCC1c1cccnc1)Nc1ccccc1. The quantitative estimate of drug-likeness (QED) is 0.941. The summed E-state index contributed by atoms with van der Waals surface area (Å²) >= 11 is 0. The fraction of sp³-hybridized carbons (Fsp3) is 0.333. The van der Waals surface area contributed by atoms with Gasteiger partial charge in [0.2, 0.25) is 5.91 Å². The molecule has 1 aromatic heterocycles. The maximum Gasteiger partial charge on any atom is 0.238 e. The van der Waals surface area contributed by atoms with Crippen molar-refractivity contribution in [2.75, 3.05) is 18.4 Å². The minimum Gasteiger partial charge on any atom is -0.325 e. The molecule has 1 saturated heterocycles. The van der Waals surface area contributed by atoms with Gasteiger partial charge >= 0.3 is 0 Å². The number of hydrogen-bond acceptors (Lipinski definition) is 3. The van der Waals surface area contributed by atoms with Crippen molar-refractivity contribution in [1.29, 1.82) is 0 Å². The monoisotopic (exact) mass is 295 g/mol. The third-order valence-corrected chi connectivity index (χ3v) is 4.09. The number of pyridine rings is 1. The maximum atomic E-state index is 12.3. The van der Waals surface area contributed by atoms with Crippen molar-refractivity contribution in [2.24, 2.45) is 0 Å². The second kappa shape index (κ2) is 7.18. The molecule has 1 aliphatic rings. The van der Waals surface area contributed by atoms with Crippen LogP contribution in [0.4, 0.5) is 5.69 Å². The number of amides is 1. The molecule has 0 aliphatic carbocycles. The summed E-state index contributed by atoms with van der Waals surface area (Å²) in [6.07, 6.45) is 7.15. The molecule has 2 heterocycles. The minimum absolute atomic E-state index is 0.0435. The van der Waals surface area contributed by atoms with E-state index in [-0.39, 0.29) is 5.91 Å². The van der Waals surface area contributed by atoms with E-state index in [9.17, 15) is 4.79 Å². The third-order valence-electron chi connectivity index (χ3n) is 4.09. The van der Waals surface area contributed by atoms with Crippen molar-refractivity contribution >= 4 is 11.6 Å². The molecule has 2 aromatic rings.